The van der Waals surface area contributed by atoms with Crippen LogP contribution in [0.25, 0.3) is 11.0 Å². The van der Waals surface area contributed by atoms with Gasteiger partial charge in [-0.3, -0.25) is 9.59 Å². The van der Waals surface area contributed by atoms with E-state index in [9.17, 15) is 9.59 Å². The van der Waals surface area contributed by atoms with E-state index in [4.69, 9.17) is 9.72 Å². The van der Waals surface area contributed by atoms with Gasteiger partial charge in [-0.1, -0.05) is 42.5 Å². The van der Waals surface area contributed by atoms with Crippen LogP contribution in [0.15, 0.2) is 78.9 Å². The number of hydrogen-bond donors (Lipinski definition) is 1. The Hall–Kier alpha value is -4.13. The first-order chi connectivity index (χ1) is 17.1. The molecule has 3 aromatic carbocycles. The number of aromatic nitrogens is 2. The predicted molar refractivity (Wildman–Crippen MR) is 138 cm³/mol. The van der Waals surface area contributed by atoms with Gasteiger partial charge in [0.2, 0.25) is 5.91 Å². The van der Waals surface area contributed by atoms with Crippen molar-refractivity contribution in [3.8, 4) is 5.75 Å². The maximum Gasteiger partial charge on any atom is 0.255 e. The largest absolute Gasteiger partial charge is 0.496 e. The van der Waals surface area contributed by atoms with Gasteiger partial charge in [-0.15, -0.1) is 0 Å². The van der Waals surface area contributed by atoms with Crippen molar-refractivity contribution >= 4 is 28.5 Å². The van der Waals surface area contributed by atoms with Gasteiger partial charge in [0.05, 0.1) is 23.7 Å². The van der Waals surface area contributed by atoms with Gasteiger partial charge in [0.25, 0.3) is 5.91 Å². The second kappa shape index (κ2) is 11.3. The van der Waals surface area contributed by atoms with Crippen LogP contribution in [0.3, 0.4) is 0 Å². The zero-order valence-corrected chi connectivity index (χ0v) is 20.1. The number of rotatable bonds is 10. The van der Waals surface area contributed by atoms with E-state index in [1.165, 1.54) is 0 Å². The lowest BCUT2D eigenvalue weighted by atomic mass is 10.2. The molecular formula is C28H30N4O3. The molecule has 7 nitrogen and oxygen atoms in total. The van der Waals surface area contributed by atoms with Gasteiger partial charge in [-0.25, -0.2) is 4.98 Å². The summed E-state index contributed by atoms with van der Waals surface area (Å²) in [5, 5.41) is 2.96. The number of aryl methyl sites for hydroxylation is 1. The van der Waals surface area contributed by atoms with Crippen molar-refractivity contribution in [2.45, 2.75) is 26.3 Å². The average Bonchev–Trinajstić information content (AvgIpc) is 3.24. The van der Waals surface area contributed by atoms with Gasteiger partial charge in [0, 0.05) is 25.2 Å². The Kier molecular flexibility index (Phi) is 7.77. The van der Waals surface area contributed by atoms with Gasteiger partial charge >= 0.3 is 0 Å². The first kappa shape index (κ1) is 24.0. The number of hydrogen-bond acceptors (Lipinski definition) is 4. The Morgan fingerprint density at radius 1 is 0.971 bits per heavy atom. The highest BCUT2D eigenvalue weighted by atomic mass is 16.5. The molecule has 0 spiro atoms. The van der Waals surface area contributed by atoms with Crippen LogP contribution in [0.5, 0.6) is 5.75 Å². The minimum absolute atomic E-state index is 0.00702. The summed E-state index contributed by atoms with van der Waals surface area (Å²) in [5.41, 5.74) is 3.17. The van der Waals surface area contributed by atoms with Crippen molar-refractivity contribution < 1.29 is 14.3 Å². The Morgan fingerprint density at radius 2 is 1.69 bits per heavy atom. The number of ether oxygens (including phenoxy) is 1. The first-order valence-electron chi connectivity index (χ1n) is 11.8. The summed E-state index contributed by atoms with van der Waals surface area (Å²) >= 11 is 0. The van der Waals surface area contributed by atoms with Gasteiger partial charge in [0.15, 0.2) is 0 Å². The summed E-state index contributed by atoms with van der Waals surface area (Å²) in [6, 6.07) is 24.7. The maximum atomic E-state index is 13.3. The third-order valence-electron chi connectivity index (χ3n) is 5.93. The minimum Gasteiger partial charge on any atom is -0.496 e. The molecule has 7 heteroatoms. The first-order valence-corrected chi connectivity index (χ1v) is 11.8. The molecule has 0 aliphatic rings. The molecule has 1 aromatic heterocycles. The van der Waals surface area contributed by atoms with E-state index >= 15 is 0 Å². The molecule has 0 bridgehead atoms. The molecule has 0 aliphatic heterocycles. The molecule has 180 valence electrons. The third-order valence-corrected chi connectivity index (χ3v) is 5.93. The van der Waals surface area contributed by atoms with Crippen LogP contribution in [0.1, 0.15) is 29.5 Å². The van der Waals surface area contributed by atoms with E-state index < -0.39 is 0 Å². The molecule has 35 heavy (non-hydrogen) atoms. The molecular weight excluding hydrogens is 440 g/mol. The molecule has 0 saturated carbocycles. The lowest BCUT2D eigenvalue weighted by Gasteiger charge is -2.22. The predicted octanol–water partition coefficient (Wildman–Crippen LogP) is 4.46. The maximum absolute atomic E-state index is 13.3. The van der Waals surface area contributed by atoms with E-state index in [1.54, 1.807) is 24.1 Å². The summed E-state index contributed by atoms with van der Waals surface area (Å²) in [4.78, 5) is 32.4. The van der Waals surface area contributed by atoms with Crippen LogP contribution in [0, 0.1) is 0 Å². The van der Waals surface area contributed by atoms with E-state index in [1.807, 2.05) is 78.2 Å². The fourth-order valence-corrected chi connectivity index (χ4v) is 4.20. The van der Waals surface area contributed by atoms with Crippen molar-refractivity contribution in [3.63, 3.8) is 0 Å². The smallest absolute Gasteiger partial charge is 0.255 e. The van der Waals surface area contributed by atoms with Gasteiger partial charge in [-0.05, 0) is 49.7 Å². The Balaban J connectivity index is 1.46. The monoisotopic (exact) mass is 470 g/mol. The molecule has 1 N–H and O–H groups in total. The van der Waals surface area contributed by atoms with Crippen LogP contribution in [0.4, 0.5) is 5.69 Å². The second-order valence-corrected chi connectivity index (χ2v) is 8.14. The Bertz CT molecular complexity index is 1300. The molecule has 1 heterocycles. The van der Waals surface area contributed by atoms with Crippen LogP contribution in [-0.2, 0) is 17.8 Å². The van der Waals surface area contributed by atoms with Crippen molar-refractivity contribution in [1.29, 1.82) is 0 Å². The number of benzene rings is 3. The molecule has 0 saturated heterocycles. The lowest BCUT2D eigenvalue weighted by Crippen LogP contribution is -2.34. The zero-order valence-electron chi connectivity index (χ0n) is 20.1. The van der Waals surface area contributed by atoms with Crippen LogP contribution >= 0.6 is 0 Å². The number of carbonyl (C=O) groups excluding carboxylic acids is 2. The highest BCUT2D eigenvalue weighted by Gasteiger charge is 2.19. The summed E-state index contributed by atoms with van der Waals surface area (Å²) in [6.07, 6.45) is 1.32. The second-order valence-electron chi connectivity index (χ2n) is 8.14. The zero-order chi connectivity index (χ0) is 24.6. The van der Waals surface area contributed by atoms with E-state index in [2.05, 4.69) is 5.32 Å². The SMILES string of the molecule is CCN(C(=O)Cn1c(CCCNC(=O)c2ccccc2OC)nc2ccccc21)c1ccccc1. The number of methoxy groups -OCH3 is 1. The molecule has 0 aliphatic carbocycles. The summed E-state index contributed by atoms with van der Waals surface area (Å²) in [7, 11) is 1.55. The number of likely N-dealkylation sites (N-methyl/N-ethyl adjacent to an activating group) is 1. The average molecular weight is 471 g/mol. The van der Waals surface area contributed by atoms with Crippen molar-refractivity contribution in [3.05, 3.63) is 90.3 Å². The molecule has 0 fully saturated rings. The number of fused-ring (bicyclic) bond motifs is 1. The van der Waals surface area contributed by atoms with Crippen molar-refractivity contribution in [2.75, 3.05) is 25.1 Å². The van der Waals surface area contributed by atoms with Gasteiger partial charge in [-0.2, -0.15) is 0 Å². The number of anilines is 1. The molecule has 0 atom stereocenters. The molecule has 0 radical (unpaired) electrons. The fraction of sp³-hybridized carbons (Fsp3) is 0.250. The Labute approximate surface area is 205 Å². The van der Waals surface area contributed by atoms with E-state index in [0.717, 1.165) is 22.5 Å². The summed E-state index contributed by atoms with van der Waals surface area (Å²) < 4.78 is 7.27. The van der Waals surface area contributed by atoms with E-state index in [-0.39, 0.29) is 18.4 Å². The highest BCUT2D eigenvalue weighted by molar-refractivity contribution is 5.97. The van der Waals surface area contributed by atoms with Crippen molar-refractivity contribution in [1.82, 2.24) is 14.9 Å². The topological polar surface area (TPSA) is 76.5 Å². The fourth-order valence-electron chi connectivity index (χ4n) is 4.20. The Morgan fingerprint density at radius 3 is 2.46 bits per heavy atom. The third kappa shape index (κ3) is 5.51. The number of nitrogens with one attached hydrogen (secondary N) is 1. The molecule has 4 aromatic rings. The van der Waals surface area contributed by atoms with E-state index in [0.29, 0.717) is 37.2 Å². The van der Waals surface area contributed by atoms with Crippen LogP contribution < -0.4 is 15.0 Å². The highest BCUT2D eigenvalue weighted by Crippen LogP contribution is 2.20. The van der Waals surface area contributed by atoms with Crippen LogP contribution in [-0.4, -0.2) is 41.6 Å². The quantitative estimate of drug-likeness (QED) is 0.347. The number of imidazole rings is 1. The number of nitrogens with zero attached hydrogens (tertiary/aromatic N) is 3. The molecule has 2 amide bonds. The summed E-state index contributed by atoms with van der Waals surface area (Å²) in [6.45, 7) is 3.24. The molecule has 4 rings (SSSR count). The van der Waals surface area contributed by atoms with Gasteiger partial charge < -0.3 is 19.5 Å². The van der Waals surface area contributed by atoms with Gasteiger partial charge in [0.1, 0.15) is 18.1 Å². The summed E-state index contributed by atoms with van der Waals surface area (Å²) in [5.74, 6) is 1.21. The number of amides is 2. The standard InChI is InChI=1S/C28H30N4O3/c1-3-31(21-12-5-4-6-13-21)27(33)20-32-24-16-9-8-15-23(24)30-26(32)18-11-19-29-28(34)22-14-7-10-17-25(22)35-2/h4-10,12-17H,3,11,18-20H2,1-2H3,(H,29,34). The minimum atomic E-state index is -0.174. The lowest BCUT2D eigenvalue weighted by molar-refractivity contribution is -0.119. The van der Waals surface area contributed by atoms with Crippen molar-refractivity contribution in [2.24, 2.45) is 0 Å². The normalized spacial score (nSPS) is 10.8. The number of para-hydroxylation sites is 4. The molecule has 0 unspecified atom stereocenters. The number of carbonyl (C=O) groups is 2. The van der Waals surface area contributed by atoms with Crippen LogP contribution in [0.2, 0.25) is 0 Å².